The molecule has 4 rings (SSSR count). The number of aromatic amines is 1. The number of carbonyl (C=O) groups is 2. The molecule has 2 aliphatic rings. The number of para-hydroxylation sites is 1. The van der Waals surface area contributed by atoms with Crippen LogP contribution in [0.15, 0.2) is 30.5 Å². The summed E-state index contributed by atoms with van der Waals surface area (Å²) >= 11 is 0. The molecule has 0 spiro atoms. The third-order valence-electron chi connectivity index (χ3n) is 4.53. The van der Waals surface area contributed by atoms with Gasteiger partial charge in [-0.1, -0.05) is 18.2 Å². The molecule has 2 aromatic rings. The van der Waals surface area contributed by atoms with E-state index in [1.54, 1.807) is 6.20 Å². The molecular formula is C18H19F3N2O5. The average Bonchev–Trinajstić information content (AvgIpc) is 3.05. The number of hydrogen-bond acceptors (Lipinski definition) is 5. The summed E-state index contributed by atoms with van der Waals surface area (Å²) in [4.78, 5) is 24.4. The molecule has 3 N–H and O–H groups in total. The summed E-state index contributed by atoms with van der Waals surface area (Å²) in [7, 11) is 0. The van der Waals surface area contributed by atoms with Crippen LogP contribution in [0.3, 0.4) is 0 Å². The number of rotatable bonds is 2. The fourth-order valence-electron chi connectivity index (χ4n) is 3.34. The van der Waals surface area contributed by atoms with E-state index in [4.69, 9.17) is 19.4 Å². The standard InChI is InChI=1S/C16H18N2O3.C2HF3O2/c19-16(14-7-17-15-4-2-1-3-13(14)15)21-12-5-10-8-20-9-11(6-12)18-10;3-2(4,5)1(6)7/h1-4,7,10-12,17-18H,5-6,8-9H2;(H,6,7)/t10-,11+,12-;. The molecule has 0 amide bonds. The minimum Gasteiger partial charge on any atom is -0.475 e. The summed E-state index contributed by atoms with van der Waals surface area (Å²) in [6, 6.07) is 8.38. The van der Waals surface area contributed by atoms with Gasteiger partial charge in [0.1, 0.15) is 6.10 Å². The van der Waals surface area contributed by atoms with E-state index in [1.165, 1.54) is 0 Å². The quantitative estimate of drug-likeness (QED) is 0.670. The molecule has 0 saturated carbocycles. The van der Waals surface area contributed by atoms with Crippen molar-refractivity contribution in [1.82, 2.24) is 10.3 Å². The first kappa shape index (κ1) is 20.2. The zero-order valence-electron chi connectivity index (χ0n) is 14.7. The topological polar surface area (TPSA) is 101 Å². The number of ether oxygens (including phenoxy) is 2. The Labute approximate surface area is 157 Å². The van der Waals surface area contributed by atoms with Crippen molar-refractivity contribution < 1.29 is 37.3 Å². The van der Waals surface area contributed by atoms with Crippen molar-refractivity contribution in [3.63, 3.8) is 0 Å². The normalized spacial score (nSPS) is 24.2. The number of benzene rings is 1. The lowest BCUT2D eigenvalue weighted by Crippen LogP contribution is -2.56. The Morgan fingerprint density at radius 3 is 2.36 bits per heavy atom. The number of esters is 1. The van der Waals surface area contributed by atoms with E-state index in [-0.39, 0.29) is 12.1 Å². The lowest BCUT2D eigenvalue weighted by Gasteiger charge is -2.39. The minimum atomic E-state index is -5.08. The second-order valence-electron chi connectivity index (χ2n) is 6.65. The number of nitrogens with one attached hydrogen (secondary N) is 2. The number of hydrogen-bond donors (Lipinski definition) is 3. The molecule has 0 aliphatic carbocycles. The van der Waals surface area contributed by atoms with Gasteiger partial charge in [0.15, 0.2) is 0 Å². The molecule has 3 heterocycles. The summed E-state index contributed by atoms with van der Waals surface area (Å²) in [5.74, 6) is -2.99. The van der Waals surface area contributed by atoms with Crippen molar-refractivity contribution in [2.24, 2.45) is 0 Å². The molecule has 1 aromatic carbocycles. The summed E-state index contributed by atoms with van der Waals surface area (Å²) in [5.41, 5.74) is 1.57. The molecule has 3 atom stereocenters. The van der Waals surface area contributed by atoms with Crippen LogP contribution in [-0.2, 0) is 14.3 Å². The van der Waals surface area contributed by atoms with Gasteiger partial charge in [0.25, 0.3) is 0 Å². The Bertz CT molecular complexity index is 839. The van der Waals surface area contributed by atoms with Gasteiger partial charge in [-0.15, -0.1) is 0 Å². The average molecular weight is 400 g/mol. The Morgan fingerprint density at radius 2 is 1.75 bits per heavy atom. The van der Waals surface area contributed by atoms with Crippen molar-refractivity contribution >= 4 is 22.8 Å². The number of carbonyl (C=O) groups excluding carboxylic acids is 1. The molecule has 2 aliphatic heterocycles. The molecule has 2 fully saturated rings. The van der Waals surface area contributed by atoms with Crippen LogP contribution in [0.1, 0.15) is 23.2 Å². The fraction of sp³-hybridized carbons (Fsp3) is 0.444. The number of piperidine rings is 1. The predicted molar refractivity (Wildman–Crippen MR) is 92.0 cm³/mol. The van der Waals surface area contributed by atoms with Crippen LogP contribution in [0.2, 0.25) is 0 Å². The molecule has 7 nitrogen and oxygen atoms in total. The first-order chi connectivity index (χ1) is 13.2. The third kappa shape index (κ3) is 4.82. The van der Waals surface area contributed by atoms with Crippen LogP contribution in [0.4, 0.5) is 13.2 Å². The van der Waals surface area contributed by atoms with Gasteiger partial charge in [-0.2, -0.15) is 13.2 Å². The molecule has 1 aromatic heterocycles. The molecular weight excluding hydrogens is 381 g/mol. The number of halogens is 3. The maximum Gasteiger partial charge on any atom is 0.490 e. The highest BCUT2D eigenvalue weighted by Gasteiger charge is 2.38. The maximum absolute atomic E-state index is 12.4. The van der Waals surface area contributed by atoms with Gasteiger partial charge in [-0.25, -0.2) is 9.59 Å². The van der Waals surface area contributed by atoms with Crippen LogP contribution in [0, 0.1) is 0 Å². The predicted octanol–water partition coefficient (Wildman–Crippen LogP) is 2.48. The lowest BCUT2D eigenvalue weighted by molar-refractivity contribution is -0.192. The lowest BCUT2D eigenvalue weighted by atomic mass is 9.94. The number of fused-ring (bicyclic) bond motifs is 3. The number of carboxylic acids is 1. The second-order valence-corrected chi connectivity index (χ2v) is 6.65. The number of alkyl halides is 3. The number of morpholine rings is 1. The molecule has 28 heavy (non-hydrogen) atoms. The zero-order valence-corrected chi connectivity index (χ0v) is 14.7. The van der Waals surface area contributed by atoms with Crippen molar-refractivity contribution in [1.29, 1.82) is 0 Å². The van der Waals surface area contributed by atoms with Gasteiger partial charge in [-0.3, -0.25) is 0 Å². The van der Waals surface area contributed by atoms with Gasteiger partial charge in [-0.05, 0) is 6.07 Å². The van der Waals surface area contributed by atoms with Crippen LogP contribution in [-0.4, -0.2) is 59.6 Å². The van der Waals surface area contributed by atoms with E-state index >= 15 is 0 Å². The van der Waals surface area contributed by atoms with Crippen LogP contribution in [0.5, 0.6) is 0 Å². The molecule has 152 valence electrons. The van der Waals surface area contributed by atoms with E-state index < -0.39 is 12.1 Å². The summed E-state index contributed by atoms with van der Waals surface area (Å²) in [5, 5.41) is 11.5. The number of H-pyrrole nitrogens is 1. The molecule has 2 saturated heterocycles. The van der Waals surface area contributed by atoms with Gasteiger partial charge >= 0.3 is 18.1 Å². The number of aromatic nitrogens is 1. The minimum absolute atomic E-state index is 0.0219. The van der Waals surface area contributed by atoms with E-state index in [0.29, 0.717) is 30.9 Å². The van der Waals surface area contributed by atoms with Gasteiger partial charge in [0.2, 0.25) is 0 Å². The molecule has 0 unspecified atom stereocenters. The SMILES string of the molecule is O=C(O)C(F)(F)F.O=C(O[C@H]1C[C@H]2COC[C@@H](C1)N2)c1c[nH]c2ccccc12. The van der Waals surface area contributed by atoms with Gasteiger partial charge in [0.05, 0.1) is 18.8 Å². The second kappa shape index (κ2) is 8.19. The highest BCUT2D eigenvalue weighted by Crippen LogP contribution is 2.24. The van der Waals surface area contributed by atoms with E-state index in [1.807, 2.05) is 24.3 Å². The van der Waals surface area contributed by atoms with Crippen molar-refractivity contribution in [2.45, 2.75) is 37.2 Å². The molecule has 2 bridgehead atoms. The van der Waals surface area contributed by atoms with Crippen LogP contribution in [0.25, 0.3) is 10.9 Å². The van der Waals surface area contributed by atoms with Crippen molar-refractivity contribution in [3.8, 4) is 0 Å². The number of carboxylic acid groups (broad SMARTS) is 1. The Morgan fingerprint density at radius 1 is 1.14 bits per heavy atom. The van der Waals surface area contributed by atoms with E-state index in [9.17, 15) is 18.0 Å². The first-order valence-corrected chi connectivity index (χ1v) is 8.65. The molecule has 10 heteroatoms. The fourth-order valence-corrected chi connectivity index (χ4v) is 3.34. The summed E-state index contributed by atoms with van der Waals surface area (Å²) < 4.78 is 43.0. The Hall–Kier alpha value is -2.59. The summed E-state index contributed by atoms with van der Waals surface area (Å²) in [6.07, 6.45) is -1.72. The van der Waals surface area contributed by atoms with Crippen LogP contribution < -0.4 is 5.32 Å². The van der Waals surface area contributed by atoms with Crippen molar-refractivity contribution in [2.75, 3.05) is 13.2 Å². The smallest absolute Gasteiger partial charge is 0.475 e. The van der Waals surface area contributed by atoms with Crippen molar-refractivity contribution in [3.05, 3.63) is 36.0 Å². The Balaban J connectivity index is 0.000000279. The zero-order chi connectivity index (χ0) is 20.3. The third-order valence-corrected chi connectivity index (χ3v) is 4.53. The van der Waals surface area contributed by atoms with Crippen LogP contribution >= 0.6 is 0 Å². The summed E-state index contributed by atoms with van der Waals surface area (Å²) in [6.45, 7) is 1.41. The largest absolute Gasteiger partial charge is 0.490 e. The highest BCUT2D eigenvalue weighted by molar-refractivity contribution is 6.04. The highest BCUT2D eigenvalue weighted by atomic mass is 19.4. The van der Waals surface area contributed by atoms with Gasteiger partial charge in [0, 0.05) is 42.0 Å². The maximum atomic E-state index is 12.4. The van der Waals surface area contributed by atoms with Gasteiger partial charge < -0.3 is 24.9 Å². The first-order valence-electron chi connectivity index (χ1n) is 8.65. The van der Waals surface area contributed by atoms with E-state index in [0.717, 1.165) is 23.7 Å². The number of aliphatic carboxylic acids is 1. The Kier molecular flexibility index (Phi) is 5.90. The monoisotopic (exact) mass is 400 g/mol. The molecule has 0 radical (unpaired) electrons. The van der Waals surface area contributed by atoms with E-state index in [2.05, 4.69) is 10.3 Å².